The highest BCUT2D eigenvalue weighted by molar-refractivity contribution is 14.1. The summed E-state index contributed by atoms with van der Waals surface area (Å²) < 4.78 is 0.400. The Bertz CT molecular complexity index is 117. The molecule has 2 heteroatoms. The highest BCUT2D eigenvalue weighted by Gasteiger charge is 2.19. The van der Waals surface area contributed by atoms with Gasteiger partial charge in [-0.05, 0) is 33.7 Å². The molecule has 1 nitrogen and oxygen atoms in total. The van der Waals surface area contributed by atoms with Crippen LogP contribution in [0.4, 0.5) is 0 Å². The van der Waals surface area contributed by atoms with E-state index in [1.807, 2.05) is 0 Å². The van der Waals surface area contributed by atoms with Crippen LogP contribution in [0, 0.1) is 0 Å². The number of alkyl halides is 1. The summed E-state index contributed by atoms with van der Waals surface area (Å²) in [5.41, 5.74) is 0. The minimum Gasteiger partial charge on any atom is -0.300 e. The zero-order valence-corrected chi connectivity index (χ0v) is 11.2. The summed E-state index contributed by atoms with van der Waals surface area (Å²) >= 11 is 2.52. The fourth-order valence-electron chi connectivity index (χ4n) is 1.32. The predicted octanol–water partition coefficient (Wildman–Crippen LogP) is 3.32. The SMILES string of the molecule is CCC(C)N(CC)CC(C)(C)I. The molecule has 0 aromatic carbocycles. The largest absolute Gasteiger partial charge is 0.300 e. The fourth-order valence-corrected chi connectivity index (χ4v) is 1.76. The van der Waals surface area contributed by atoms with E-state index in [4.69, 9.17) is 0 Å². The molecule has 0 N–H and O–H groups in total. The fraction of sp³-hybridized carbons (Fsp3) is 1.00. The van der Waals surface area contributed by atoms with Crippen molar-refractivity contribution in [2.24, 2.45) is 0 Å². The maximum Gasteiger partial charge on any atom is 0.0293 e. The molecule has 0 aliphatic rings. The van der Waals surface area contributed by atoms with Crippen molar-refractivity contribution < 1.29 is 0 Å². The Morgan fingerprint density at radius 3 is 2.08 bits per heavy atom. The summed E-state index contributed by atoms with van der Waals surface area (Å²) in [6.45, 7) is 13.8. The van der Waals surface area contributed by atoms with Gasteiger partial charge in [-0.1, -0.05) is 36.4 Å². The molecule has 0 amide bonds. The lowest BCUT2D eigenvalue weighted by atomic mass is 10.1. The minimum atomic E-state index is 0.400. The van der Waals surface area contributed by atoms with Crippen molar-refractivity contribution in [3.63, 3.8) is 0 Å². The van der Waals surface area contributed by atoms with E-state index in [0.717, 1.165) is 6.04 Å². The zero-order valence-electron chi connectivity index (χ0n) is 9.02. The summed E-state index contributed by atoms with van der Waals surface area (Å²) in [5.74, 6) is 0. The summed E-state index contributed by atoms with van der Waals surface area (Å²) in [4.78, 5) is 2.55. The van der Waals surface area contributed by atoms with Gasteiger partial charge >= 0.3 is 0 Å². The maximum atomic E-state index is 2.55. The van der Waals surface area contributed by atoms with Gasteiger partial charge in [0.1, 0.15) is 0 Å². The molecule has 0 heterocycles. The Hall–Kier alpha value is 0.690. The number of halogens is 1. The molecule has 0 bridgehead atoms. The van der Waals surface area contributed by atoms with E-state index in [-0.39, 0.29) is 0 Å². The molecule has 1 atom stereocenters. The molecule has 0 rings (SSSR count). The van der Waals surface area contributed by atoms with Gasteiger partial charge in [-0.25, -0.2) is 0 Å². The van der Waals surface area contributed by atoms with E-state index in [0.29, 0.717) is 3.42 Å². The number of nitrogens with zero attached hydrogens (tertiary/aromatic N) is 1. The number of hydrogen-bond acceptors (Lipinski definition) is 1. The molecule has 0 aliphatic carbocycles. The van der Waals surface area contributed by atoms with Gasteiger partial charge in [-0.3, -0.25) is 4.90 Å². The van der Waals surface area contributed by atoms with Crippen molar-refractivity contribution in [1.82, 2.24) is 4.90 Å². The summed E-state index contributed by atoms with van der Waals surface area (Å²) in [6, 6.07) is 0.726. The van der Waals surface area contributed by atoms with Crippen LogP contribution in [-0.4, -0.2) is 27.5 Å². The standard InChI is InChI=1S/C10H22IN/c1-6-9(3)12(7-2)8-10(4,5)11/h9H,6-8H2,1-5H3. The normalized spacial score (nSPS) is 15.2. The summed E-state index contributed by atoms with van der Waals surface area (Å²) in [5, 5.41) is 0. The van der Waals surface area contributed by atoms with E-state index in [2.05, 4.69) is 62.1 Å². The van der Waals surface area contributed by atoms with Crippen molar-refractivity contribution in [1.29, 1.82) is 0 Å². The Labute approximate surface area is 91.0 Å². The van der Waals surface area contributed by atoms with Crippen molar-refractivity contribution >= 4 is 22.6 Å². The van der Waals surface area contributed by atoms with Gasteiger partial charge in [0, 0.05) is 16.0 Å². The Morgan fingerprint density at radius 2 is 1.83 bits per heavy atom. The van der Waals surface area contributed by atoms with Gasteiger partial charge in [-0.2, -0.15) is 0 Å². The van der Waals surface area contributed by atoms with E-state index < -0.39 is 0 Å². The minimum absolute atomic E-state index is 0.400. The molecule has 0 aliphatic heterocycles. The van der Waals surface area contributed by atoms with Crippen molar-refractivity contribution in [3.8, 4) is 0 Å². The van der Waals surface area contributed by atoms with Crippen LogP contribution in [0.3, 0.4) is 0 Å². The van der Waals surface area contributed by atoms with Crippen LogP contribution in [-0.2, 0) is 0 Å². The summed E-state index contributed by atoms with van der Waals surface area (Å²) in [6.07, 6.45) is 1.25. The second-order valence-electron chi connectivity index (χ2n) is 4.04. The molecule has 0 aromatic rings. The van der Waals surface area contributed by atoms with Gasteiger partial charge in [0.25, 0.3) is 0 Å². The average Bonchev–Trinajstić information content (AvgIpc) is 1.97. The van der Waals surface area contributed by atoms with Crippen molar-refractivity contribution in [2.75, 3.05) is 13.1 Å². The lowest BCUT2D eigenvalue weighted by Crippen LogP contribution is -2.40. The third-order valence-corrected chi connectivity index (χ3v) is 2.54. The molecule has 0 spiro atoms. The van der Waals surface area contributed by atoms with E-state index in [9.17, 15) is 0 Å². The van der Waals surface area contributed by atoms with E-state index >= 15 is 0 Å². The highest BCUT2D eigenvalue weighted by Crippen LogP contribution is 2.19. The van der Waals surface area contributed by atoms with E-state index in [1.54, 1.807) is 0 Å². The summed E-state index contributed by atoms with van der Waals surface area (Å²) in [7, 11) is 0. The van der Waals surface area contributed by atoms with Crippen molar-refractivity contribution in [3.05, 3.63) is 0 Å². The zero-order chi connectivity index (χ0) is 9.78. The molecule has 0 saturated carbocycles. The van der Waals surface area contributed by atoms with Crippen LogP contribution in [0.25, 0.3) is 0 Å². The second-order valence-corrected chi connectivity index (χ2v) is 6.96. The molecule has 1 unspecified atom stereocenters. The maximum absolute atomic E-state index is 2.55. The van der Waals surface area contributed by atoms with Gasteiger partial charge in [0.2, 0.25) is 0 Å². The lowest BCUT2D eigenvalue weighted by molar-refractivity contribution is 0.204. The first-order chi connectivity index (χ1) is 5.40. The molecule has 0 aromatic heterocycles. The molecule has 12 heavy (non-hydrogen) atoms. The third-order valence-electron chi connectivity index (χ3n) is 2.20. The van der Waals surface area contributed by atoms with Gasteiger partial charge < -0.3 is 0 Å². The number of hydrogen-bond donors (Lipinski definition) is 0. The molecular weight excluding hydrogens is 261 g/mol. The average molecular weight is 283 g/mol. The van der Waals surface area contributed by atoms with Crippen LogP contribution in [0.5, 0.6) is 0 Å². The van der Waals surface area contributed by atoms with Gasteiger partial charge in [0.05, 0.1) is 0 Å². The topological polar surface area (TPSA) is 3.24 Å². The van der Waals surface area contributed by atoms with Crippen LogP contribution in [0.15, 0.2) is 0 Å². The Kier molecular flexibility index (Phi) is 5.74. The Balaban J connectivity index is 3.99. The monoisotopic (exact) mass is 283 g/mol. The van der Waals surface area contributed by atoms with E-state index in [1.165, 1.54) is 19.5 Å². The number of rotatable bonds is 5. The van der Waals surface area contributed by atoms with Crippen LogP contribution < -0.4 is 0 Å². The molecule has 74 valence electrons. The lowest BCUT2D eigenvalue weighted by Gasteiger charge is -2.32. The second kappa shape index (κ2) is 5.43. The molecular formula is C10H22IN. The first-order valence-electron chi connectivity index (χ1n) is 4.83. The first-order valence-corrected chi connectivity index (χ1v) is 5.91. The first kappa shape index (κ1) is 12.7. The van der Waals surface area contributed by atoms with Crippen LogP contribution in [0.1, 0.15) is 41.0 Å². The van der Waals surface area contributed by atoms with Crippen LogP contribution in [0.2, 0.25) is 0 Å². The molecule has 0 fully saturated rings. The molecule has 0 radical (unpaired) electrons. The molecule has 0 saturated heterocycles. The van der Waals surface area contributed by atoms with Gasteiger partial charge in [0.15, 0.2) is 0 Å². The van der Waals surface area contributed by atoms with Crippen molar-refractivity contribution in [2.45, 2.75) is 50.5 Å². The quantitative estimate of drug-likeness (QED) is 0.552. The third kappa shape index (κ3) is 5.36. The van der Waals surface area contributed by atoms with Crippen LogP contribution >= 0.6 is 22.6 Å². The highest BCUT2D eigenvalue weighted by atomic mass is 127. The Morgan fingerprint density at radius 1 is 1.33 bits per heavy atom. The smallest absolute Gasteiger partial charge is 0.0293 e. The predicted molar refractivity (Wildman–Crippen MR) is 65.1 cm³/mol. The van der Waals surface area contributed by atoms with Gasteiger partial charge in [-0.15, -0.1) is 0 Å².